The summed E-state index contributed by atoms with van der Waals surface area (Å²) in [4.78, 5) is 29.4. The summed E-state index contributed by atoms with van der Waals surface area (Å²) in [7, 11) is -2.09. The molecule has 0 saturated carbocycles. The fourth-order valence-corrected chi connectivity index (χ4v) is 5.96. The molecule has 0 saturated heterocycles. The van der Waals surface area contributed by atoms with Gasteiger partial charge in [-0.1, -0.05) is 49.4 Å². The fourth-order valence-electron chi connectivity index (χ4n) is 5.01. The Morgan fingerprint density at radius 1 is 0.977 bits per heavy atom. The second-order valence-corrected chi connectivity index (χ2v) is 12.8. The lowest BCUT2D eigenvalue weighted by molar-refractivity contribution is -0.141. The molecule has 3 aromatic carbocycles. The van der Waals surface area contributed by atoms with Crippen LogP contribution in [0, 0.1) is 0 Å². The zero-order chi connectivity index (χ0) is 31.7. The number of methoxy groups -OCH3 is 1. The first-order valence-electron chi connectivity index (χ1n) is 14.7. The van der Waals surface area contributed by atoms with Gasteiger partial charge in [0.25, 0.3) is 0 Å². The molecule has 0 aromatic heterocycles. The molecule has 0 bridgehead atoms. The second kappa shape index (κ2) is 15.0. The quantitative estimate of drug-likeness (QED) is 0.265. The van der Waals surface area contributed by atoms with Crippen LogP contribution in [0.1, 0.15) is 44.2 Å². The van der Waals surface area contributed by atoms with E-state index in [9.17, 15) is 18.0 Å². The molecule has 10 nitrogen and oxygen atoms in total. The summed E-state index contributed by atoms with van der Waals surface area (Å²) in [5.74, 6) is 1.16. The zero-order valence-corrected chi connectivity index (χ0v) is 26.5. The highest BCUT2D eigenvalue weighted by atomic mass is 32.2. The van der Waals surface area contributed by atoms with E-state index in [4.69, 9.17) is 14.2 Å². The molecule has 236 valence electrons. The van der Waals surface area contributed by atoms with Crippen molar-refractivity contribution >= 4 is 27.5 Å². The Bertz CT molecular complexity index is 1530. The van der Waals surface area contributed by atoms with Crippen molar-refractivity contribution in [3.63, 3.8) is 0 Å². The summed E-state index contributed by atoms with van der Waals surface area (Å²) in [6.07, 6.45) is 2.46. The van der Waals surface area contributed by atoms with Gasteiger partial charge in [0, 0.05) is 38.0 Å². The number of benzene rings is 3. The molecular formula is C33H41N3O7S. The van der Waals surface area contributed by atoms with Gasteiger partial charge < -0.3 is 24.4 Å². The van der Waals surface area contributed by atoms with E-state index in [1.54, 1.807) is 30.2 Å². The van der Waals surface area contributed by atoms with Crippen molar-refractivity contribution in [1.82, 2.24) is 10.2 Å². The summed E-state index contributed by atoms with van der Waals surface area (Å²) in [5.41, 5.74) is 2.16. The SMILES string of the molecule is CC[C@@H](C)NC(=O)[C@H](Cc1ccccc1)N(Cc1cccc(OC)c1)C(=O)CCCN(c1ccc2c(c1)OCO2)S(C)(=O)=O. The fraction of sp³-hybridized carbons (Fsp3) is 0.394. The lowest BCUT2D eigenvalue weighted by Crippen LogP contribution is -2.52. The summed E-state index contributed by atoms with van der Waals surface area (Å²) >= 11 is 0. The molecule has 1 N–H and O–H groups in total. The highest BCUT2D eigenvalue weighted by Gasteiger charge is 2.31. The van der Waals surface area contributed by atoms with Gasteiger partial charge in [-0.25, -0.2) is 8.42 Å². The third kappa shape index (κ3) is 8.66. The molecule has 0 aliphatic carbocycles. The Morgan fingerprint density at radius 3 is 2.41 bits per heavy atom. The van der Waals surface area contributed by atoms with Gasteiger partial charge in [0.1, 0.15) is 11.8 Å². The van der Waals surface area contributed by atoms with Crippen molar-refractivity contribution in [2.24, 2.45) is 0 Å². The number of amides is 2. The molecule has 1 aliphatic rings. The van der Waals surface area contributed by atoms with E-state index in [1.165, 1.54) is 4.31 Å². The Balaban J connectivity index is 1.59. The van der Waals surface area contributed by atoms with Crippen LogP contribution in [0.25, 0.3) is 0 Å². The van der Waals surface area contributed by atoms with Crippen LogP contribution in [-0.2, 0) is 32.6 Å². The highest BCUT2D eigenvalue weighted by Crippen LogP contribution is 2.36. The molecule has 0 radical (unpaired) electrons. The van der Waals surface area contributed by atoms with Crippen LogP contribution in [0.2, 0.25) is 0 Å². The first-order chi connectivity index (χ1) is 21.1. The summed E-state index contributed by atoms with van der Waals surface area (Å²) in [6.45, 7) is 4.24. The molecule has 2 atom stereocenters. The van der Waals surface area contributed by atoms with Crippen LogP contribution >= 0.6 is 0 Å². The number of nitrogens with zero attached hydrogens (tertiary/aromatic N) is 2. The minimum Gasteiger partial charge on any atom is -0.497 e. The van der Waals surface area contributed by atoms with E-state index in [-0.39, 0.29) is 50.6 Å². The lowest BCUT2D eigenvalue weighted by Gasteiger charge is -2.33. The van der Waals surface area contributed by atoms with E-state index < -0.39 is 16.1 Å². The lowest BCUT2D eigenvalue weighted by atomic mass is 10.0. The van der Waals surface area contributed by atoms with Crippen LogP contribution in [0.4, 0.5) is 5.69 Å². The van der Waals surface area contributed by atoms with E-state index in [0.29, 0.717) is 29.4 Å². The smallest absolute Gasteiger partial charge is 0.243 e. The number of hydrogen-bond donors (Lipinski definition) is 1. The largest absolute Gasteiger partial charge is 0.497 e. The van der Waals surface area contributed by atoms with Crippen molar-refractivity contribution in [1.29, 1.82) is 0 Å². The van der Waals surface area contributed by atoms with Gasteiger partial charge in [0.2, 0.25) is 28.6 Å². The van der Waals surface area contributed by atoms with Crippen LogP contribution in [0.5, 0.6) is 17.2 Å². The van der Waals surface area contributed by atoms with Crippen LogP contribution in [0.15, 0.2) is 72.8 Å². The molecule has 1 aliphatic heterocycles. The number of carbonyl (C=O) groups excluding carboxylic acids is 2. The Hall–Kier alpha value is -4.25. The average Bonchev–Trinajstić information content (AvgIpc) is 3.49. The molecule has 11 heteroatoms. The normalized spacial score (nSPS) is 13.5. The first-order valence-corrected chi connectivity index (χ1v) is 16.6. The monoisotopic (exact) mass is 623 g/mol. The van der Waals surface area contributed by atoms with Gasteiger partial charge in [-0.3, -0.25) is 13.9 Å². The third-order valence-corrected chi connectivity index (χ3v) is 8.75. The molecule has 0 spiro atoms. The van der Waals surface area contributed by atoms with Gasteiger partial charge in [0.15, 0.2) is 11.5 Å². The van der Waals surface area contributed by atoms with E-state index >= 15 is 0 Å². The minimum absolute atomic E-state index is 0.0302. The molecule has 1 heterocycles. The Labute approximate surface area is 260 Å². The standard InChI is InChI=1S/C33H41N3O7S/c1-5-24(2)34-33(38)29(20-25-11-7-6-8-12-25)35(22-26-13-9-14-28(19-26)41-3)32(37)15-10-18-36(44(4,39)40)27-16-17-30-31(21-27)43-23-42-30/h6-9,11-14,16-17,19,21,24,29H,5,10,15,18,20,22-23H2,1-4H3,(H,34,38)/t24-,29+/m1/s1. The maximum absolute atomic E-state index is 14.0. The maximum Gasteiger partial charge on any atom is 0.243 e. The van der Waals surface area contributed by atoms with Gasteiger partial charge in [-0.05, 0) is 55.2 Å². The molecule has 3 aromatic rings. The van der Waals surface area contributed by atoms with Gasteiger partial charge in [0.05, 0.1) is 19.1 Å². The molecule has 0 unspecified atom stereocenters. The molecule has 4 rings (SSSR count). The summed E-state index contributed by atoms with van der Waals surface area (Å²) < 4.78 is 43.0. The first kappa shape index (κ1) is 32.7. The topological polar surface area (TPSA) is 114 Å². The number of hydrogen-bond acceptors (Lipinski definition) is 7. The maximum atomic E-state index is 14.0. The molecule has 0 fully saturated rings. The minimum atomic E-state index is -3.66. The number of anilines is 1. The van der Waals surface area contributed by atoms with Crippen molar-refractivity contribution in [3.8, 4) is 17.2 Å². The van der Waals surface area contributed by atoms with Crippen LogP contribution in [-0.4, -0.2) is 63.9 Å². The van der Waals surface area contributed by atoms with Crippen molar-refractivity contribution in [2.75, 3.05) is 31.0 Å². The van der Waals surface area contributed by atoms with Gasteiger partial charge in [-0.2, -0.15) is 0 Å². The van der Waals surface area contributed by atoms with E-state index in [2.05, 4.69) is 5.32 Å². The van der Waals surface area contributed by atoms with Crippen molar-refractivity contribution < 1.29 is 32.2 Å². The number of nitrogens with one attached hydrogen (secondary N) is 1. The molecule has 2 amide bonds. The number of ether oxygens (including phenoxy) is 3. The Kier molecular flexibility index (Phi) is 11.1. The van der Waals surface area contributed by atoms with Gasteiger partial charge in [-0.15, -0.1) is 0 Å². The number of sulfonamides is 1. The number of rotatable bonds is 15. The Morgan fingerprint density at radius 2 is 1.70 bits per heavy atom. The van der Waals surface area contributed by atoms with Crippen molar-refractivity contribution in [2.45, 2.75) is 58.2 Å². The average molecular weight is 624 g/mol. The zero-order valence-electron chi connectivity index (χ0n) is 25.7. The van der Waals surface area contributed by atoms with Crippen molar-refractivity contribution in [3.05, 3.63) is 83.9 Å². The van der Waals surface area contributed by atoms with E-state index in [1.807, 2.05) is 68.4 Å². The summed E-state index contributed by atoms with van der Waals surface area (Å²) in [6, 6.07) is 21.1. The second-order valence-electron chi connectivity index (χ2n) is 10.9. The van der Waals surface area contributed by atoms with Crippen LogP contribution < -0.4 is 23.8 Å². The van der Waals surface area contributed by atoms with Gasteiger partial charge >= 0.3 is 0 Å². The molecular weight excluding hydrogens is 582 g/mol. The summed E-state index contributed by atoms with van der Waals surface area (Å²) in [5, 5.41) is 3.06. The predicted molar refractivity (Wildman–Crippen MR) is 169 cm³/mol. The number of carbonyl (C=O) groups is 2. The molecule has 44 heavy (non-hydrogen) atoms. The third-order valence-electron chi connectivity index (χ3n) is 7.56. The highest BCUT2D eigenvalue weighted by molar-refractivity contribution is 7.92. The number of fused-ring (bicyclic) bond motifs is 1. The van der Waals surface area contributed by atoms with E-state index in [0.717, 1.165) is 23.8 Å². The predicted octanol–water partition coefficient (Wildman–Crippen LogP) is 4.52. The van der Waals surface area contributed by atoms with Crippen LogP contribution in [0.3, 0.4) is 0 Å².